The molecule has 6 heteroatoms. The normalized spacial score (nSPS) is 23.8. The summed E-state index contributed by atoms with van der Waals surface area (Å²) in [5.41, 5.74) is 9.69. The fraction of sp³-hybridized carbons (Fsp3) is 0.391. The number of hydrazine groups is 1. The number of hydrogen-bond donors (Lipinski definition) is 3. The second kappa shape index (κ2) is 8.67. The van der Waals surface area contributed by atoms with Crippen molar-refractivity contribution in [1.29, 1.82) is 0 Å². The van der Waals surface area contributed by atoms with Crippen LogP contribution in [-0.4, -0.2) is 17.9 Å². The summed E-state index contributed by atoms with van der Waals surface area (Å²) in [6.07, 6.45) is 5.16. The Labute approximate surface area is 179 Å². The van der Waals surface area contributed by atoms with Crippen LogP contribution in [0, 0.1) is 18.8 Å². The molecule has 0 bridgehead atoms. The molecule has 4 rings (SSSR count). The minimum Gasteiger partial charge on any atom is -0.322 e. The monoisotopic (exact) mass is 455 g/mol. The standard InChI is InChI=1S/C23H26BrN3O2/c1-14-9-10-17(13-20(14)24)25-22(28)16-6-4-5-15(11-16)12-21-18-7-2-3-8-19(18)23(29)27-26-21/h4-6,9-11,13,18-19,21,26H,2-3,7-8,12H2,1H3,(H,25,28)(H,27,29). The molecule has 2 aromatic carbocycles. The van der Waals surface area contributed by atoms with Gasteiger partial charge in [-0.05, 0) is 67.5 Å². The molecule has 2 fully saturated rings. The molecule has 1 saturated heterocycles. The van der Waals surface area contributed by atoms with Crippen LogP contribution in [0.5, 0.6) is 0 Å². The second-order valence-electron chi connectivity index (χ2n) is 8.12. The zero-order valence-corrected chi connectivity index (χ0v) is 18.1. The van der Waals surface area contributed by atoms with Crippen molar-refractivity contribution in [1.82, 2.24) is 10.9 Å². The van der Waals surface area contributed by atoms with Gasteiger partial charge in [0.15, 0.2) is 0 Å². The summed E-state index contributed by atoms with van der Waals surface area (Å²) < 4.78 is 0.969. The quantitative estimate of drug-likeness (QED) is 0.641. The molecule has 0 spiro atoms. The van der Waals surface area contributed by atoms with Crippen molar-refractivity contribution in [2.45, 2.75) is 45.1 Å². The summed E-state index contributed by atoms with van der Waals surface area (Å²) >= 11 is 3.50. The number of carbonyl (C=O) groups excluding carboxylic acids is 2. The third-order valence-electron chi connectivity index (χ3n) is 6.13. The van der Waals surface area contributed by atoms with Crippen LogP contribution < -0.4 is 16.2 Å². The van der Waals surface area contributed by atoms with Gasteiger partial charge in [-0.3, -0.25) is 15.0 Å². The van der Waals surface area contributed by atoms with E-state index in [9.17, 15) is 9.59 Å². The Kier molecular flexibility index (Phi) is 6.01. The van der Waals surface area contributed by atoms with Crippen LogP contribution in [0.3, 0.4) is 0 Å². The van der Waals surface area contributed by atoms with E-state index in [0.717, 1.165) is 47.0 Å². The summed E-state index contributed by atoms with van der Waals surface area (Å²) in [6.45, 7) is 2.01. The fourth-order valence-electron chi connectivity index (χ4n) is 4.50. The van der Waals surface area contributed by atoms with Gasteiger partial charge >= 0.3 is 0 Å². The Hall–Kier alpha value is -2.18. The van der Waals surface area contributed by atoms with Crippen molar-refractivity contribution >= 4 is 33.4 Å². The first-order valence-electron chi connectivity index (χ1n) is 10.2. The number of anilines is 1. The van der Waals surface area contributed by atoms with Gasteiger partial charge in [0.25, 0.3) is 5.91 Å². The highest BCUT2D eigenvalue weighted by molar-refractivity contribution is 9.10. The first-order valence-corrected chi connectivity index (χ1v) is 11.0. The van der Waals surface area contributed by atoms with Crippen LogP contribution in [0.15, 0.2) is 46.9 Å². The molecule has 2 amide bonds. The summed E-state index contributed by atoms with van der Waals surface area (Å²) in [6, 6.07) is 13.7. The maximum Gasteiger partial charge on any atom is 0.255 e. The number of benzene rings is 2. The zero-order chi connectivity index (χ0) is 20.4. The van der Waals surface area contributed by atoms with Crippen LogP contribution >= 0.6 is 15.9 Å². The van der Waals surface area contributed by atoms with E-state index in [2.05, 4.69) is 38.2 Å². The highest BCUT2D eigenvalue weighted by atomic mass is 79.9. The molecule has 1 aliphatic heterocycles. The van der Waals surface area contributed by atoms with Gasteiger partial charge < -0.3 is 5.32 Å². The van der Waals surface area contributed by atoms with Gasteiger partial charge in [0.1, 0.15) is 0 Å². The lowest BCUT2D eigenvalue weighted by atomic mass is 9.72. The van der Waals surface area contributed by atoms with Crippen LogP contribution in [0.4, 0.5) is 5.69 Å². The van der Waals surface area contributed by atoms with Crippen molar-refractivity contribution < 1.29 is 9.59 Å². The largest absolute Gasteiger partial charge is 0.322 e. The molecule has 2 aromatic rings. The highest BCUT2D eigenvalue weighted by Crippen LogP contribution is 2.35. The molecule has 3 atom stereocenters. The number of rotatable bonds is 4. The molecule has 1 heterocycles. The number of nitrogens with one attached hydrogen (secondary N) is 3. The Morgan fingerprint density at radius 3 is 2.83 bits per heavy atom. The van der Waals surface area contributed by atoms with E-state index in [4.69, 9.17) is 0 Å². The summed E-state index contributed by atoms with van der Waals surface area (Å²) in [4.78, 5) is 24.9. The summed E-state index contributed by atoms with van der Waals surface area (Å²) in [5, 5.41) is 2.97. The first-order chi connectivity index (χ1) is 14.0. The summed E-state index contributed by atoms with van der Waals surface area (Å²) in [5.74, 6) is 0.479. The van der Waals surface area contributed by atoms with E-state index in [1.165, 1.54) is 6.42 Å². The van der Waals surface area contributed by atoms with E-state index in [1.807, 2.05) is 43.3 Å². The molecular weight excluding hydrogens is 430 g/mol. The van der Waals surface area contributed by atoms with Crippen molar-refractivity contribution in [3.8, 4) is 0 Å². The first kappa shape index (κ1) is 20.1. The van der Waals surface area contributed by atoms with Gasteiger partial charge in [0, 0.05) is 27.7 Å². The zero-order valence-electron chi connectivity index (χ0n) is 16.5. The fourth-order valence-corrected chi connectivity index (χ4v) is 4.88. The molecule has 1 aliphatic carbocycles. The van der Waals surface area contributed by atoms with E-state index < -0.39 is 0 Å². The third kappa shape index (κ3) is 4.54. The average molecular weight is 456 g/mol. The number of amides is 2. The molecular formula is C23H26BrN3O2. The van der Waals surface area contributed by atoms with Gasteiger partial charge in [-0.15, -0.1) is 0 Å². The minimum atomic E-state index is -0.122. The number of hydrogen-bond acceptors (Lipinski definition) is 3. The van der Waals surface area contributed by atoms with Crippen LogP contribution in [-0.2, 0) is 11.2 Å². The predicted molar refractivity (Wildman–Crippen MR) is 117 cm³/mol. The molecule has 1 saturated carbocycles. The Balaban J connectivity index is 1.46. The Morgan fingerprint density at radius 2 is 2.00 bits per heavy atom. The Bertz CT molecular complexity index is 930. The third-order valence-corrected chi connectivity index (χ3v) is 6.98. The molecule has 0 radical (unpaired) electrons. The SMILES string of the molecule is Cc1ccc(NC(=O)c2cccc(CC3NNC(=O)C4CCCCC34)c2)cc1Br. The number of aryl methyl sites for hydroxylation is 1. The van der Waals surface area contributed by atoms with Crippen molar-refractivity contribution in [3.63, 3.8) is 0 Å². The minimum absolute atomic E-state index is 0.112. The van der Waals surface area contributed by atoms with Crippen LogP contribution in [0.1, 0.15) is 47.2 Å². The molecule has 2 aliphatic rings. The van der Waals surface area contributed by atoms with Crippen molar-refractivity contribution in [2.24, 2.45) is 11.8 Å². The van der Waals surface area contributed by atoms with Gasteiger partial charge in [0.05, 0.1) is 0 Å². The number of carbonyl (C=O) groups is 2. The van der Waals surface area contributed by atoms with Crippen molar-refractivity contribution in [2.75, 3.05) is 5.32 Å². The van der Waals surface area contributed by atoms with E-state index >= 15 is 0 Å². The van der Waals surface area contributed by atoms with Crippen LogP contribution in [0.2, 0.25) is 0 Å². The molecule has 29 heavy (non-hydrogen) atoms. The van der Waals surface area contributed by atoms with E-state index in [0.29, 0.717) is 11.5 Å². The average Bonchev–Trinajstić information content (AvgIpc) is 2.73. The smallest absolute Gasteiger partial charge is 0.255 e. The number of halogens is 1. The molecule has 3 unspecified atom stereocenters. The topological polar surface area (TPSA) is 70.2 Å². The van der Waals surface area contributed by atoms with Crippen LogP contribution in [0.25, 0.3) is 0 Å². The predicted octanol–water partition coefficient (Wildman–Crippen LogP) is 4.36. The maximum atomic E-state index is 12.7. The van der Waals surface area contributed by atoms with E-state index in [1.54, 1.807) is 0 Å². The number of fused-ring (bicyclic) bond motifs is 1. The lowest BCUT2D eigenvalue weighted by Gasteiger charge is -2.41. The second-order valence-corrected chi connectivity index (χ2v) is 8.97. The summed E-state index contributed by atoms with van der Waals surface area (Å²) in [7, 11) is 0. The highest BCUT2D eigenvalue weighted by Gasteiger charge is 2.39. The van der Waals surface area contributed by atoms with Gasteiger partial charge in [-0.25, -0.2) is 5.43 Å². The van der Waals surface area contributed by atoms with Gasteiger partial charge in [0.2, 0.25) is 5.91 Å². The van der Waals surface area contributed by atoms with Gasteiger partial charge in [-0.1, -0.05) is 47.0 Å². The Morgan fingerprint density at radius 1 is 1.17 bits per heavy atom. The molecule has 5 nitrogen and oxygen atoms in total. The molecule has 3 N–H and O–H groups in total. The van der Waals surface area contributed by atoms with Gasteiger partial charge in [-0.2, -0.15) is 0 Å². The molecule has 152 valence electrons. The lowest BCUT2D eigenvalue weighted by molar-refractivity contribution is -0.133. The van der Waals surface area contributed by atoms with Crippen molar-refractivity contribution in [3.05, 3.63) is 63.6 Å². The molecule has 0 aromatic heterocycles. The van der Waals surface area contributed by atoms with E-state index in [-0.39, 0.29) is 23.8 Å². The maximum absolute atomic E-state index is 12.7. The lowest BCUT2D eigenvalue weighted by Crippen LogP contribution is -2.60.